The largest absolute Gasteiger partial charge is 0.503 e. The number of esters is 1. The van der Waals surface area contributed by atoms with Gasteiger partial charge in [0.1, 0.15) is 0 Å². The molecule has 1 amide bonds. The molecule has 2 aliphatic rings. The molecule has 0 unspecified atom stereocenters. The number of aliphatic hydroxyl groups is 1. The molecule has 0 saturated carbocycles. The fraction of sp³-hybridized carbons (Fsp3) is 0.417. The van der Waals surface area contributed by atoms with Gasteiger partial charge in [-0.25, -0.2) is 9.78 Å². The minimum Gasteiger partial charge on any atom is -0.503 e. The van der Waals surface area contributed by atoms with Crippen LogP contribution >= 0.6 is 11.3 Å². The highest BCUT2D eigenvalue weighted by atomic mass is 32.1. The van der Waals surface area contributed by atoms with E-state index in [4.69, 9.17) is 9.47 Å². The molecule has 1 aromatic heterocycles. The summed E-state index contributed by atoms with van der Waals surface area (Å²) in [6.45, 7) is 7.22. The minimum atomic E-state index is -0.783. The maximum Gasteiger partial charge on any atom is 0.337 e. The molecule has 0 radical (unpaired) electrons. The van der Waals surface area contributed by atoms with Crippen LogP contribution in [0.2, 0.25) is 0 Å². The highest BCUT2D eigenvalue weighted by Crippen LogP contribution is 2.40. The summed E-state index contributed by atoms with van der Waals surface area (Å²) in [5.74, 6) is -2.02. The SMILES string of the molecule is COC(=O)c1ccc([C@@H]2C(C(=O)c3sc(C)nc3C)=C(O)C(=O)N2CCN2CCOCC2)cc1. The second-order valence-electron chi connectivity index (χ2n) is 8.21. The molecule has 4 rings (SSSR count). The quantitative estimate of drug-likeness (QED) is 0.471. The zero-order valence-corrected chi connectivity index (χ0v) is 20.2. The average molecular weight is 486 g/mol. The van der Waals surface area contributed by atoms with Crippen molar-refractivity contribution in [1.82, 2.24) is 14.8 Å². The molecule has 9 nitrogen and oxygen atoms in total. The Morgan fingerprint density at radius 1 is 1.18 bits per heavy atom. The van der Waals surface area contributed by atoms with Gasteiger partial charge in [0.15, 0.2) is 5.76 Å². The fourth-order valence-corrected chi connectivity index (χ4v) is 5.19. The number of benzene rings is 1. The van der Waals surface area contributed by atoms with Crippen LogP contribution in [0.1, 0.15) is 42.3 Å². The second kappa shape index (κ2) is 10.0. The summed E-state index contributed by atoms with van der Waals surface area (Å²) >= 11 is 1.24. The van der Waals surface area contributed by atoms with Gasteiger partial charge < -0.3 is 19.5 Å². The van der Waals surface area contributed by atoms with Crippen LogP contribution < -0.4 is 0 Å². The molecule has 1 atom stereocenters. The molecule has 10 heteroatoms. The zero-order chi connectivity index (χ0) is 24.4. The Morgan fingerprint density at radius 3 is 2.44 bits per heavy atom. The predicted molar refractivity (Wildman–Crippen MR) is 125 cm³/mol. The van der Waals surface area contributed by atoms with Crippen LogP contribution in [0.25, 0.3) is 0 Å². The molecule has 0 bridgehead atoms. The number of carbonyl (C=O) groups is 3. The molecule has 2 aromatic rings. The number of thiazole rings is 1. The zero-order valence-electron chi connectivity index (χ0n) is 19.4. The van der Waals surface area contributed by atoms with Gasteiger partial charge in [0, 0.05) is 26.2 Å². The Hall–Kier alpha value is -3.08. The van der Waals surface area contributed by atoms with E-state index in [-0.39, 0.29) is 5.57 Å². The Bertz CT molecular complexity index is 1130. The smallest absolute Gasteiger partial charge is 0.337 e. The van der Waals surface area contributed by atoms with Crippen molar-refractivity contribution in [2.24, 2.45) is 0 Å². The van der Waals surface area contributed by atoms with E-state index in [1.807, 2.05) is 0 Å². The van der Waals surface area contributed by atoms with Crippen LogP contribution in [-0.2, 0) is 14.3 Å². The minimum absolute atomic E-state index is 0.0320. The van der Waals surface area contributed by atoms with Gasteiger partial charge in [0.2, 0.25) is 5.78 Å². The van der Waals surface area contributed by atoms with Crippen LogP contribution in [0.4, 0.5) is 0 Å². The number of aromatic nitrogens is 1. The predicted octanol–water partition coefficient (Wildman–Crippen LogP) is 2.46. The van der Waals surface area contributed by atoms with Crippen LogP contribution in [0.15, 0.2) is 35.6 Å². The lowest BCUT2D eigenvalue weighted by Gasteiger charge is -2.31. The Labute approximate surface area is 201 Å². The monoisotopic (exact) mass is 485 g/mol. The maximum atomic E-state index is 13.6. The number of hydrogen-bond acceptors (Lipinski definition) is 9. The van der Waals surface area contributed by atoms with Crippen molar-refractivity contribution in [2.75, 3.05) is 46.5 Å². The van der Waals surface area contributed by atoms with Crippen LogP contribution in [-0.4, -0.2) is 84.1 Å². The third kappa shape index (κ3) is 4.61. The van der Waals surface area contributed by atoms with Crippen molar-refractivity contribution in [1.29, 1.82) is 0 Å². The number of methoxy groups -OCH3 is 1. The van der Waals surface area contributed by atoms with E-state index in [1.54, 1.807) is 38.1 Å². The van der Waals surface area contributed by atoms with Gasteiger partial charge >= 0.3 is 5.97 Å². The molecule has 180 valence electrons. The number of carbonyl (C=O) groups excluding carboxylic acids is 3. The summed E-state index contributed by atoms with van der Waals surface area (Å²) in [4.78, 5) is 47.0. The lowest BCUT2D eigenvalue weighted by atomic mass is 9.94. The van der Waals surface area contributed by atoms with E-state index >= 15 is 0 Å². The highest BCUT2D eigenvalue weighted by Gasteiger charge is 2.44. The van der Waals surface area contributed by atoms with Crippen LogP contribution in [0.5, 0.6) is 0 Å². The summed E-state index contributed by atoms with van der Waals surface area (Å²) in [6.07, 6.45) is 0. The van der Waals surface area contributed by atoms with Gasteiger partial charge in [-0.15, -0.1) is 11.3 Å². The van der Waals surface area contributed by atoms with E-state index in [0.29, 0.717) is 48.0 Å². The number of hydrogen-bond donors (Lipinski definition) is 1. The molecule has 34 heavy (non-hydrogen) atoms. The van der Waals surface area contributed by atoms with Gasteiger partial charge in [0.25, 0.3) is 5.91 Å². The third-order valence-corrected chi connectivity index (χ3v) is 7.14. The van der Waals surface area contributed by atoms with Crippen molar-refractivity contribution >= 4 is 29.0 Å². The van der Waals surface area contributed by atoms with Crippen molar-refractivity contribution in [3.05, 3.63) is 62.3 Å². The van der Waals surface area contributed by atoms with Crippen molar-refractivity contribution in [3.8, 4) is 0 Å². The number of ether oxygens (including phenoxy) is 2. The highest BCUT2D eigenvalue weighted by molar-refractivity contribution is 7.14. The summed E-state index contributed by atoms with van der Waals surface area (Å²) in [5, 5.41) is 11.6. The first kappa shape index (κ1) is 24.1. The molecular weight excluding hydrogens is 458 g/mol. The standard InChI is InChI=1S/C24H27N3O6S/c1-14-22(34-15(2)25-14)20(28)18-19(16-4-6-17(7-5-16)24(31)32-3)27(23(30)21(18)29)9-8-26-10-12-33-13-11-26/h4-7,19,29H,8-13H2,1-3H3/t19-/m1/s1. The van der Waals surface area contributed by atoms with Crippen molar-refractivity contribution in [3.63, 3.8) is 0 Å². The number of rotatable bonds is 7. The molecule has 1 saturated heterocycles. The molecule has 3 heterocycles. The molecule has 1 aromatic carbocycles. The summed E-state index contributed by atoms with van der Waals surface area (Å²) in [7, 11) is 1.30. The fourth-order valence-electron chi connectivity index (χ4n) is 4.32. The van der Waals surface area contributed by atoms with Crippen LogP contribution in [0, 0.1) is 13.8 Å². The normalized spacial score (nSPS) is 19.1. The Kier molecular flexibility index (Phi) is 7.11. The molecule has 1 N–H and O–H groups in total. The number of aliphatic hydroxyl groups excluding tert-OH is 1. The molecule has 0 aliphatic carbocycles. The Morgan fingerprint density at radius 2 is 1.85 bits per heavy atom. The number of morpholine rings is 1. The number of ketones is 1. The maximum absolute atomic E-state index is 13.6. The first-order chi connectivity index (χ1) is 16.3. The van der Waals surface area contributed by atoms with Crippen molar-refractivity contribution < 1.29 is 29.0 Å². The summed E-state index contributed by atoms with van der Waals surface area (Å²) < 4.78 is 10.2. The number of amides is 1. The number of aryl methyl sites for hydroxylation is 2. The number of Topliss-reactive ketones (excluding diaryl/α,β-unsaturated/α-hetero) is 1. The van der Waals surface area contributed by atoms with Gasteiger partial charge in [-0.1, -0.05) is 12.1 Å². The topological polar surface area (TPSA) is 109 Å². The lowest BCUT2D eigenvalue weighted by molar-refractivity contribution is -0.129. The van der Waals surface area contributed by atoms with Gasteiger partial charge in [-0.3, -0.25) is 14.5 Å². The first-order valence-corrected chi connectivity index (χ1v) is 11.8. The molecule has 0 spiro atoms. The van der Waals surface area contributed by atoms with E-state index in [0.717, 1.165) is 18.1 Å². The van der Waals surface area contributed by atoms with Gasteiger partial charge in [-0.05, 0) is 31.5 Å². The van der Waals surface area contributed by atoms with E-state index in [9.17, 15) is 19.5 Å². The first-order valence-electron chi connectivity index (χ1n) is 11.0. The van der Waals surface area contributed by atoms with E-state index < -0.39 is 29.5 Å². The second-order valence-corrected chi connectivity index (χ2v) is 9.41. The van der Waals surface area contributed by atoms with Gasteiger partial charge in [0.05, 0.1) is 53.1 Å². The van der Waals surface area contributed by atoms with Crippen molar-refractivity contribution in [2.45, 2.75) is 19.9 Å². The molecule has 1 fully saturated rings. The van der Waals surface area contributed by atoms with Gasteiger partial charge in [-0.2, -0.15) is 0 Å². The van der Waals surface area contributed by atoms with E-state index in [2.05, 4.69) is 9.88 Å². The molecular formula is C24H27N3O6S. The summed E-state index contributed by atoms with van der Waals surface area (Å²) in [5.41, 5.74) is 1.57. The lowest BCUT2D eigenvalue weighted by Crippen LogP contribution is -2.43. The Balaban J connectivity index is 1.70. The average Bonchev–Trinajstić information content (AvgIpc) is 3.32. The summed E-state index contributed by atoms with van der Waals surface area (Å²) in [6, 6.07) is 5.76. The van der Waals surface area contributed by atoms with E-state index in [1.165, 1.54) is 23.3 Å². The number of nitrogens with zero attached hydrogens (tertiary/aromatic N) is 3. The third-order valence-electron chi connectivity index (χ3n) is 6.07. The molecule has 2 aliphatic heterocycles. The van der Waals surface area contributed by atoms with Crippen LogP contribution in [0.3, 0.4) is 0 Å².